The minimum Gasteiger partial charge on any atom is -0.524 e. The third-order valence-corrected chi connectivity index (χ3v) is 0. The summed E-state index contributed by atoms with van der Waals surface area (Å²) in [6.45, 7) is 0. The standard InChI is InChI=1S/CHBO2.Li/c2-1(3)4;/h(H,3,4);/q-1;+1. The number of hydrogen-bond acceptors (Lipinski definition) is 1. The van der Waals surface area contributed by atoms with Gasteiger partial charge in [0.1, 0.15) is 0 Å². The minimum absolute atomic E-state index is 0. The summed E-state index contributed by atoms with van der Waals surface area (Å²) in [4.78, 5) is 8.78. The average Bonchev–Trinajstić information content (AvgIpc) is 0.811. The van der Waals surface area contributed by atoms with E-state index in [2.05, 4.69) is 7.85 Å². The van der Waals surface area contributed by atoms with Gasteiger partial charge < -0.3 is 17.7 Å². The monoisotopic (exact) mass is 63.0 g/mol. The van der Waals surface area contributed by atoms with Gasteiger partial charge >= 0.3 is 18.9 Å². The Balaban J connectivity index is 0. The molecular formula is CHBLiO2. The zero-order valence-corrected chi connectivity index (χ0v) is 2.93. The maximum Gasteiger partial charge on any atom is 1.00 e. The van der Waals surface area contributed by atoms with Crippen molar-refractivity contribution < 1.29 is 28.8 Å². The number of carboxylic acid groups (broad SMARTS) is 1. The van der Waals surface area contributed by atoms with Crippen molar-refractivity contribution in [3.05, 3.63) is 0 Å². The number of rotatable bonds is 0. The van der Waals surface area contributed by atoms with Gasteiger partial charge in [0.25, 0.3) is 0 Å². The van der Waals surface area contributed by atoms with Crippen LogP contribution in [-0.2, 0) is 0 Å². The average molecular weight is 62.8 g/mol. The van der Waals surface area contributed by atoms with Crippen molar-refractivity contribution in [3.8, 4) is 0 Å². The molecule has 0 aliphatic heterocycles. The van der Waals surface area contributed by atoms with Crippen molar-refractivity contribution in [2.45, 2.75) is 0 Å². The molecule has 0 amide bonds. The predicted molar refractivity (Wildman–Crippen MR) is 13.8 cm³/mol. The summed E-state index contributed by atoms with van der Waals surface area (Å²) in [5, 5.41) is 7.19. The van der Waals surface area contributed by atoms with Crippen LogP contribution < -0.4 is 18.9 Å². The third kappa shape index (κ3) is 1070. The molecule has 2 nitrogen and oxygen atoms in total. The zero-order chi connectivity index (χ0) is 3.58. The van der Waals surface area contributed by atoms with Crippen molar-refractivity contribution in [3.63, 3.8) is 0 Å². The molecule has 0 heterocycles. The normalized spacial score (nSPS) is 5.00. The van der Waals surface area contributed by atoms with Gasteiger partial charge in [0.2, 0.25) is 0 Å². The molecule has 0 aromatic rings. The van der Waals surface area contributed by atoms with E-state index in [4.69, 9.17) is 9.90 Å². The van der Waals surface area contributed by atoms with Gasteiger partial charge in [0.15, 0.2) is 0 Å². The van der Waals surface area contributed by atoms with Gasteiger partial charge in [-0.3, -0.25) is 0 Å². The maximum atomic E-state index is 8.78. The van der Waals surface area contributed by atoms with Crippen LogP contribution in [0.25, 0.3) is 0 Å². The molecule has 1 N–H and O–H groups in total. The van der Waals surface area contributed by atoms with Crippen LogP contribution in [0.1, 0.15) is 0 Å². The smallest absolute Gasteiger partial charge is 0.524 e. The molecule has 0 aliphatic carbocycles. The summed E-state index contributed by atoms with van der Waals surface area (Å²) in [7, 11) is 4.03. The zero-order valence-electron chi connectivity index (χ0n) is 2.93. The van der Waals surface area contributed by atoms with Gasteiger partial charge in [0.05, 0.1) is 0 Å². The van der Waals surface area contributed by atoms with E-state index < -0.39 is 5.87 Å². The molecule has 0 atom stereocenters. The molecule has 0 aromatic carbocycles. The molecule has 0 aliphatic rings. The summed E-state index contributed by atoms with van der Waals surface area (Å²) in [6, 6.07) is 0. The molecule has 4 heteroatoms. The van der Waals surface area contributed by atoms with Gasteiger partial charge in [-0.2, -0.15) is 0 Å². The van der Waals surface area contributed by atoms with Crippen molar-refractivity contribution in [2.75, 3.05) is 0 Å². The van der Waals surface area contributed by atoms with Crippen molar-refractivity contribution in [1.29, 1.82) is 0 Å². The first-order valence-corrected chi connectivity index (χ1v) is 0.716. The van der Waals surface area contributed by atoms with Crippen molar-refractivity contribution in [1.82, 2.24) is 0 Å². The van der Waals surface area contributed by atoms with E-state index in [0.29, 0.717) is 0 Å². The Morgan fingerprint density at radius 2 is 1.80 bits per heavy atom. The quantitative estimate of drug-likeness (QED) is 0.301. The fraction of sp³-hybridized carbons (Fsp3) is 0. The summed E-state index contributed by atoms with van der Waals surface area (Å²) in [5.74, 6) is -1.33. The predicted octanol–water partition coefficient (Wildman–Crippen LogP) is -3.16. The summed E-state index contributed by atoms with van der Waals surface area (Å²) < 4.78 is 0. The van der Waals surface area contributed by atoms with Crippen LogP contribution in [0.4, 0.5) is 4.79 Å². The second kappa shape index (κ2) is 4.13. The van der Waals surface area contributed by atoms with E-state index >= 15 is 0 Å². The van der Waals surface area contributed by atoms with Gasteiger partial charge in [-0.1, -0.05) is 0 Å². The van der Waals surface area contributed by atoms with Gasteiger partial charge in [0, 0.05) is 5.87 Å². The Morgan fingerprint density at radius 1 is 1.80 bits per heavy atom. The van der Waals surface area contributed by atoms with Crippen molar-refractivity contribution in [2.24, 2.45) is 0 Å². The van der Waals surface area contributed by atoms with E-state index in [1.54, 1.807) is 0 Å². The first-order chi connectivity index (χ1) is 1.73. The maximum absolute atomic E-state index is 8.78. The topological polar surface area (TPSA) is 37.3 Å². The summed E-state index contributed by atoms with van der Waals surface area (Å²) >= 11 is 0. The van der Waals surface area contributed by atoms with E-state index in [1.165, 1.54) is 0 Å². The number of hydrogen-bond donors (Lipinski definition) is 1. The van der Waals surface area contributed by atoms with Crippen LogP contribution in [-0.4, -0.2) is 18.8 Å². The van der Waals surface area contributed by atoms with Crippen molar-refractivity contribution >= 4 is 13.7 Å². The second-order valence-electron chi connectivity index (χ2n) is 0.338. The van der Waals surface area contributed by atoms with Gasteiger partial charge in [-0.15, -0.1) is 0 Å². The Morgan fingerprint density at radius 3 is 1.80 bits per heavy atom. The largest absolute Gasteiger partial charge is 1.00 e. The van der Waals surface area contributed by atoms with Gasteiger partial charge in [-0.25, -0.2) is 0 Å². The molecule has 0 aromatic heterocycles. The van der Waals surface area contributed by atoms with E-state index in [1.807, 2.05) is 0 Å². The molecule has 0 saturated heterocycles. The first-order valence-electron chi connectivity index (χ1n) is 0.716. The Hall–Kier alpha value is 0.132. The Labute approximate surface area is 43.1 Å². The van der Waals surface area contributed by atoms with Crippen LogP contribution >= 0.6 is 0 Å². The van der Waals surface area contributed by atoms with Gasteiger partial charge in [-0.05, 0) is 0 Å². The molecule has 0 unspecified atom stereocenters. The fourth-order valence-electron chi connectivity index (χ4n) is 0. The minimum atomic E-state index is -1.33. The third-order valence-electron chi connectivity index (χ3n) is 0. The number of carbonyl (C=O) groups is 1. The SMILES string of the molecule is [B-]C(=O)O.[Li+]. The summed E-state index contributed by atoms with van der Waals surface area (Å²) in [6.07, 6.45) is 0. The van der Waals surface area contributed by atoms with Crippen LogP contribution in [0.5, 0.6) is 0 Å². The van der Waals surface area contributed by atoms with Crippen LogP contribution in [0.2, 0.25) is 0 Å². The molecule has 0 rings (SSSR count). The van der Waals surface area contributed by atoms with E-state index in [0.717, 1.165) is 0 Å². The molecule has 5 heavy (non-hydrogen) atoms. The molecule has 21 valence electrons. The Kier molecular flexibility index (Phi) is 7.38. The second-order valence-corrected chi connectivity index (χ2v) is 0.338. The summed E-state index contributed by atoms with van der Waals surface area (Å²) in [5.41, 5.74) is 0. The fourth-order valence-corrected chi connectivity index (χ4v) is 0. The molecular weight excluding hydrogens is 61.8 g/mol. The molecule has 0 spiro atoms. The Bertz CT molecular complexity index is 32.6. The molecule has 0 fully saturated rings. The van der Waals surface area contributed by atoms with Crippen LogP contribution in [0.3, 0.4) is 0 Å². The van der Waals surface area contributed by atoms with E-state index in [-0.39, 0.29) is 18.9 Å². The molecule has 0 saturated carbocycles. The van der Waals surface area contributed by atoms with Crippen LogP contribution in [0.15, 0.2) is 0 Å². The molecule has 0 bridgehead atoms. The van der Waals surface area contributed by atoms with E-state index in [9.17, 15) is 0 Å². The first kappa shape index (κ1) is 8.93. The molecule has 3 radical (unpaired) electrons. The van der Waals surface area contributed by atoms with Crippen LogP contribution in [0, 0.1) is 0 Å².